The van der Waals surface area contributed by atoms with Crippen molar-refractivity contribution in [3.63, 3.8) is 0 Å². The molecule has 0 saturated heterocycles. The number of rotatable bonds is 0. The Morgan fingerprint density at radius 2 is 1.56 bits per heavy atom. The summed E-state index contributed by atoms with van der Waals surface area (Å²) in [7, 11) is 0. The fourth-order valence-corrected chi connectivity index (χ4v) is 2.95. The normalized spacial score (nSPS) is 12.7. The molecule has 0 atom stereocenters. The maximum atomic E-state index is 4.65. The molecule has 0 fully saturated rings. The zero-order valence-electron chi connectivity index (χ0n) is 9.42. The minimum atomic E-state index is 0.845. The van der Waals surface area contributed by atoms with Crippen LogP contribution in [0.5, 0.6) is 0 Å². The fourth-order valence-electron chi connectivity index (χ4n) is 2.03. The summed E-state index contributed by atoms with van der Waals surface area (Å²) in [5.74, 6) is 0.845. The number of nitrogens with one attached hydrogen (secondary N) is 1. The molecule has 0 amide bonds. The standard InChI is InChI=1S/C14H9N3S/c1-2-6-10-9(5-1)15-13-14(17-10)18-12-8-4-3-7-11(12)16-13/h1-8H,(H,15,16). The van der Waals surface area contributed by atoms with Gasteiger partial charge in [-0.2, -0.15) is 0 Å². The Balaban J connectivity index is 1.92. The van der Waals surface area contributed by atoms with E-state index < -0.39 is 0 Å². The van der Waals surface area contributed by atoms with Gasteiger partial charge in [-0.15, -0.1) is 0 Å². The number of hydrogen-bond donors (Lipinski definition) is 1. The number of para-hydroxylation sites is 3. The second-order valence-corrected chi connectivity index (χ2v) is 5.12. The third-order valence-corrected chi connectivity index (χ3v) is 3.94. The first kappa shape index (κ1) is 9.91. The molecule has 1 aliphatic rings. The van der Waals surface area contributed by atoms with Crippen molar-refractivity contribution >= 4 is 34.3 Å². The third-order valence-electron chi connectivity index (χ3n) is 2.89. The van der Waals surface area contributed by atoms with Crippen molar-refractivity contribution in [3.05, 3.63) is 48.5 Å². The van der Waals surface area contributed by atoms with Crippen LogP contribution in [0.1, 0.15) is 0 Å². The number of hydrogen-bond acceptors (Lipinski definition) is 4. The quantitative estimate of drug-likeness (QED) is 0.515. The van der Waals surface area contributed by atoms with E-state index in [1.54, 1.807) is 11.8 Å². The Morgan fingerprint density at radius 3 is 2.44 bits per heavy atom. The van der Waals surface area contributed by atoms with Gasteiger partial charge in [0, 0.05) is 4.90 Å². The van der Waals surface area contributed by atoms with E-state index in [0.717, 1.165) is 27.6 Å². The highest BCUT2D eigenvalue weighted by Gasteiger charge is 2.18. The Hall–Kier alpha value is -2.07. The van der Waals surface area contributed by atoms with E-state index in [4.69, 9.17) is 0 Å². The molecular weight excluding hydrogens is 242 g/mol. The summed E-state index contributed by atoms with van der Waals surface area (Å²) in [6, 6.07) is 16.1. The lowest BCUT2D eigenvalue weighted by Gasteiger charge is -2.18. The minimum Gasteiger partial charge on any atom is -0.337 e. The van der Waals surface area contributed by atoms with Gasteiger partial charge in [-0.3, -0.25) is 0 Å². The summed E-state index contributed by atoms with van der Waals surface area (Å²) in [6.45, 7) is 0. The molecule has 1 aliphatic heterocycles. The molecule has 3 aromatic rings. The van der Waals surface area contributed by atoms with E-state index in [1.807, 2.05) is 36.4 Å². The molecule has 0 radical (unpaired) electrons. The molecule has 2 heterocycles. The highest BCUT2D eigenvalue weighted by molar-refractivity contribution is 7.99. The summed E-state index contributed by atoms with van der Waals surface area (Å²) < 4.78 is 0. The Morgan fingerprint density at radius 1 is 0.833 bits per heavy atom. The van der Waals surface area contributed by atoms with Gasteiger partial charge in [-0.05, 0) is 24.3 Å². The van der Waals surface area contributed by atoms with Crippen LogP contribution in [0.15, 0.2) is 58.5 Å². The first-order valence-electron chi connectivity index (χ1n) is 5.71. The highest BCUT2D eigenvalue weighted by atomic mass is 32.2. The first-order valence-corrected chi connectivity index (χ1v) is 6.52. The van der Waals surface area contributed by atoms with Gasteiger partial charge in [0.15, 0.2) is 5.82 Å². The minimum absolute atomic E-state index is 0.845. The average molecular weight is 251 g/mol. The maximum Gasteiger partial charge on any atom is 0.164 e. The van der Waals surface area contributed by atoms with Crippen molar-refractivity contribution in [2.24, 2.45) is 0 Å². The zero-order chi connectivity index (χ0) is 11.9. The molecule has 2 aromatic carbocycles. The van der Waals surface area contributed by atoms with E-state index in [0.29, 0.717) is 0 Å². The number of aromatic nitrogens is 2. The van der Waals surface area contributed by atoms with Crippen LogP contribution in [0.25, 0.3) is 11.0 Å². The van der Waals surface area contributed by atoms with Gasteiger partial charge in [0.05, 0.1) is 16.7 Å². The lowest BCUT2D eigenvalue weighted by Crippen LogP contribution is -2.04. The average Bonchev–Trinajstić information content (AvgIpc) is 2.42. The van der Waals surface area contributed by atoms with E-state index in [-0.39, 0.29) is 0 Å². The Labute approximate surface area is 108 Å². The smallest absolute Gasteiger partial charge is 0.164 e. The van der Waals surface area contributed by atoms with Crippen LogP contribution in [0.3, 0.4) is 0 Å². The van der Waals surface area contributed by atoms with Gasteiger partial charge in [-0.1, -0.05) is 36.0 Å². The molecule has 18 heavy (non-hydrogen) atoms. The Bertz CT molecular complexity index is 691. The van der Waals surface area contributed by atoms with Crippen molar-refractivity contribution < 1.29 is 0 Å². The van der Waals surface area contributed by atoms with Gasteiger partial charge in [0.2, 0.25) is 0 Å². The Kier molecular flexibility index (Phi) is 2.04. The fraction of sp³-hybridized carbons (Fsp3) is 0. The number of benzene rings is 2. The molecule has 0 bridgehead atoms. The predicted octanol–water partition coefficient (Wildman–Crippen LogP) is 3.84. The molecule has 1 aromatic heterocycles. The molecule has 0 spiro atoms. The molecule has 1 N–H and O–H groups in total. The molecule has 0 unspecified atom stereocenters. The van der Waals surface area contributed by atoms with Crippen molar-refractivity contribution in [3.8, 4) is 0 Å². The zero-order valence-corrected chi connectivity index (χ0v) is 10.2. The van der Waals surface area contributed by atoms with E-state index >= 15 is 0 Å². The van der Waals surface area contributed by atoms with Crippen molar-refractivity contribution in [2.75, 3.05) is 5.32 Å². The first-order chi connectivity index (χ1) is 8.90. The predicted molar refractivity (Wildman–Crippen MR) is 73.4 cm³/mol. The summed E-state index contributed by atoms with van der Waals surface area (Å²) in [6.07, 6.45) is 0. The molecule has 0 aliphatic carbocycles. The van der Waals surface area contributed by atoms with Gasteiger partial charge in [0.1, 0.15) is 5.03 Å². The molecule has 4 heteroatoms. The van der Waals surface area contributed by atoms with Gasteiger partial charge in [0.25, 0.3) is 0 Å². The molecule has 4 rings (SSSR count). The third kappa shape index (κ3) is 1.46. The summed E-state index contributed by atoms with van der Waals surface area (Å²) in [4.78, 5) is 10.5. The maximum absolute atomic E-state index is 4.65. The van der Waals surface area contributed by atoms with E-state index in [2.05, 4.69) is 27.4 Å². The van der Waals surface area contributed by atoms with Crippen LogP contribution < -0.4 is 5.32 Å². The van der Waals surface area contributed by atoms with Crippen molar-refractivity contribution in [1.82, 2.24) is 9.97 Å². The van der Waals surface area contributed by atoms with Crippen LogP contribution in [0.4, 0.5) is 11.5 Å². The number of nitrogens with zero attached hydrogens (tertiary/aromatic N) is 2. The van der Waals surface area contributed by atoms with E-state index in [1.165, 1.54) is 4.90 Å². The summed E-state index contributed by atoms with van der Waals surface area (Å²) in [5, 5.41) is 4.28. The number of anilines is 2. The molecular formula is C14H9N3S. The van der Waals surface area contributed by atoms with Gasteiger partial charge >= 0.3 is 0 Å². The lowest BCUT2D eigenvalue weighted by atomic mass is 10.3. The summed E-state index contributed by atoms with van der Waals surface area (Å²) >= 11 is 1.66. The van der Waals surface area contributed by atoms with Crippen LogP contribution in [-0.4, -0.2) is 9.97 Å². The van der Waals surface area contributed by atoms with Crippen LogP contribution >= 0.6 is 11.8 Å². The summed E-state index contributed by atoms with van der Waals surface area (Å²) in [5.41, 5.74) is 2.95. The van der Waals surface area contributed by atoms with Crippen molar-refractivity contribution in [1.29, 1.82) is 0 Å². The highest BCUT2D eigenvalue weighted by Crippen LogP contribution is 2.42. The molecule has 0 saturated carbocycles. The number of fused-ring (bicyclic) bond motifs is 3. The van der Waals surface area contributed by atoms with Crippen LogP contribution in [0.2, 0.25) is 0 Å². The van der Waals surface area contributed by atoms with Crippen molar-refractivity contribution in [2.45, 2.75) is 9.92 Å². The molecule has 86 valence electrons. The molecule has 3 nitrogen and oxygen atoms in total. The van der Waals surface area contributed by atoms with Gasteiger partial charge in [-0.25, -0.2) is 9.97 Å². The largest absolute Gasteiger partial charge is 0.337 e. The second-order valence-electron chi connectivity index (χ2n) is 4.09. The topological polar surface area (TPSA) is 37.8 Å². The monoisotopic (exact) mass is 251 g/mol. The second kappa shape index (κ2) is 3.71. The van der Waals surface area contributed by atoms with E-state index in [9.17, 15) is 0 Å². The lowest BCUT2D eigenvalue weighted by molar-refractivity contribution is 1.10. The SMILES string of the molecule is c1ccc2c(c1)Nc1nc3ccccc3nc1S2. The van der Waals surface area contributed by atoms with Gasteiger partial charge < -0.3 is 5.32 Å². The van der Waals surface area contributed by atoms with Crippen LogP contribution in [0, 0.1) is 0 Å². The van der Waals surface area contributed by atoms with Crippen LogP contribution in [-0.2, 0) is 0 Å².